The molecule has 0 heterocycles. The van der Waals surface area contributed by atoms with Crippen LogP contribution in [0.25, 0.3) is 0 Å². The second-order valence-electron chi connectivity index (χ2n) is 4.48. The van der Waals surface area contributed by atoms with Gasteiger partial charge < -0.3 is 14.4 Å². The number of anilines is 1. The van der Waals surface area contributed by atoms with Gasteiger partial charge in [0.05, 0.1) is 12.2 Å². The van der Waals surface area contributed by atoms with E-state index in [-0.39, 0.29) is 6.61 Å². The van der Waals surface area contributed by atoms with Gasteiger partial charge in [0, 0.05) is 30.9 Å². The molecule has 0 N–H and O–H groups in total. The summed E-state index contributed by atoms with van der Waals surface area (Å²) >= 11 is 0. The van der Waals surface area contributed by atoms with E-state index in [0.717, 1.165) is 25.1 Å². The van der Waals surface area contributed by atoms with Gasteiger partial charge in [-0.15, -0.1) is 0 Å². The molecule has 0 aliphatic carbocycles. The molecule has 0 aliphatic heterocycles. The number of hydrogen-bond acceptors (Lipinski definition) is 5. The van der Waals surface area contributed by atoms with Crippen LogP contribution < -0.4 is 9.64 Å². The highest BCUT2D eigenvalue weighted by atomic mass is 16.5. The summed E-state index contributed by atoms with van der Waals surface area (Å²) in [5, 5.41) is 0. The number of rotatable bonds is 9. The maximum atomic E-state index is 11.2. The zero-order valence-corrected chi connectivity index (χ0v) is 13.4. The van der Waals surface area contributed by atoms with E-state index in [2.05, 4.69) is 18.7 Å². The summed E-state index contributed by atoms with van der Waals surface area (Å²) in [7, 11) is 0. The fraction of sp³-hybridized carbons (Fsp3) is 0.412. The van der Waals surface area contributed by atoms with Crippen LogP contribution >= 0.6 is 0 Å². The number of benzene rings is 1. The maximum absolute atomic E-state index is 11.2. The van der Waals surface area contributed by atoms with Crippen LogP contribution in [0, 0.1) is 0 Å². The van der Waals surface area contributed by atoms with Crippen LogP contribution in [0.15, 0.2) is 30.4 Å². The third kappa shape index (κ3) is 5.24. The molecule has 22 heavy (non-hydrogen) atoms. The lowest BCUT2D eigenvalue weighted by molar-refractivity contribution is -0.137. The molecule has 0 spiro atoms. The van der Waals surface area contributed by atoms with Gasteiger partial charge in [-0.2, -0.15) is 0 Å². The first kappa shape index (κ1) is 17.8. The molecule has 5 nitrogen and oxygen atoms in total. The third-order valence-corrected chi connectivity index (χ3v) is 3.13. The average Bonchev–Trinajstić information content (AvgIpc) is 2.53. The van der Waals surface area contributed by atoms with Crippen molar-refractivity contribution in [2.75, 3.05) is 31.2 Å². The molecule has 1 rings (SSSR count). The molecule has 0 fully saturated rings. The average molecular weight is 305 g/mol. The van der Waals surface area contributed by atoms with Crippen molar-refractivity contribution in [1.82, 2.24) is 0 Å². The van der Waals surface area contributed by atoms with E-state index in [0.29, 0.717) is 17.9 Å². The fourth-order valence-corrected chi connectivity index (χ4v) is 2.00. The summed E-state index contributed by atoms with van der Waals surface area (Å²) in [5.41, 5.74) is 1.49. The minimum Gasteiger partial charge on any atom is -0.489 e. The molecule has 120 valence electrons. The van der Waals surface area contributed by atoms with Gasteiger partial charge in [0.25, 0.3) is 0 Å². The highest BCUT2D eigenvalue weighted by molar-refractivity contribution is 5.82. The predicted octanol–water partition coefficient (Wildman–Crippen LogP) is 2.84. The van der Waals surface area contributed by atoms with E-state index in [1.807, 2.05) is 12.1 Å². The summed E-state index contributed by atoms with van der Waals surface area (Å²) in [6, 6.07) is 5.48. The number of aldehydes is 1. The minimum absolute atomic E-state index is 0.196. The molecule has 1 aromatic carbocycles. The highest BCUT2D eigenvalue weighted by Gasteiger charge is 2.08. The van der Waals surface area contributed by atoms with E-state index in [9.17, 15) is 9.59 Å². The van der Waals surface area contributed by atoms with Crippen LogP contribution in [0.5, 0.6) is 5.75 Å². The Balaban J connectivity index is 2.77. The molecule has 0 saturated carbocycles. The highest BCUT2D eigenvalue weighted by Crippen LogP contribution is 2.24. The Hall–Kier alpha value is -2.30. The number of nitrogens with zero attached hydrogens (tertiary/aromatic N) is 1. The molecule has 0 aromatic heterocycles. The molecule has 0 atom stereocenters. The Bertz CT molecular complexity index is 521. The number of carbonyl (C=O) groups is 2. The predicted molar refractivity (Wildman–Crippen MR) is 86.7 cm³/mol. The largest absolute Gasteiger partial charge is 0.489 e. The van der Waals surface area contributed by atoms with Crippen LogP contribution in [0.2, 0.25) is 0 Å². The summed E-state index contributed by atoms with van der Waals surface area (Å²) in [6.45, 7) is 8.17. The van der Waals surface area contributed by atoms with Crippen LogP contribution in [0.1, 0.15) is 31.1 Å². The SMILES string of the molecule is CCOC(=O)/C=C/COc1cc(N(CC)CC)ccc1C=O. The lowest BCUT2D eigenvalue weighted by Gasteiger charge is -2.22. The number of carbonyl (C=O) groups excluding carboxylic acids is 2. The Labute approximate surface area is 131 Å². The Morgan fingerprint density at radius 3 is 2.55 bits per heavy atom. The van der Waals surface area contributed by atoms with Crippen molar-refractivity contribution in [2.45, 2.75) is 20.8 Å². The lowest BCUT2D eigenvalue weighted by Crippen LogP contribution is -2.21. The van der Waals surface area contributed by atoms with Gasteiger partial charge in [-0.3, -0.25) is 4.79 Å². The number of hydrogen-bond donors (Lipinski definition) is 0. The van der Waals surface area contributed by atoms with Crippen molar-refractivity contribution >= 4 is 17.9 Å². The number of ether oxygens (including phenoxy) is 2. The Morgan fingerprint density at radius 2 is 1.95 bits per heavy atom. The van der Waals surface area contributed by atoms with E-state index < -0.39 is 5.97 Å². The zero-order chi connectivity index (χ0) is 16.4. The fourth-order valence-electron chi connectivity index (χ4n) is 2.00. The van der Waals surface area contributed by atoms with Gasteiger partial charge in [0.1, 0.15) is 12.4 Å². The topological polar surface area (TPSA) is 55.8 Å². The summed E-state index contributed by atoms with van der Waals surface area (Å²) in [4.78, 5) is 24.4. The van der Waals surface area contributed by atoms with Crippen LogP contribution in [-0.2, 0) is 9.53 Å². The normalized spacial score (nSPS) is 10.5. The van der Waals surface area contributed by atoms with Crippen molar-refractivity contribution in [3.63, 3.8) is 0 Å². The summed E-state index contributed by atoms with van der Waals surface area (Å²) < 4.78 is 10.4. The van der Waals surface area contributed by atoms with Crippen LogP contribution in [0.4, 0.5) is 5.69 Å². The van der Waals surface area contributed by atoms with Crippen molar-refractivity contribution < 1.29 is 19.1 Å². The second-order valence-corrected chi connectivity index (χ2v) is 4.48. The summed E-state index contributed by atoms with van der Waals surface area (Å²) in [5.74, 6) is 0.103. The Morgan fingerprint density at radius 1 is 1.23 bits per heavy atom. The van der Waals surface area contributed by atoms with Crippen LogP contribution in [0.3, 0.4) is 0 Å². The van der Waals surface area contributed by atoms with Gasteiger partial charge >= 0.3 is 5.97 Å². The van der Waals surface area contributed by atoms with Gasteiger partial charge in [-0.25, -0.2) is 4.79 Å². The first-order valence-corrected chi connectivity index (χ1v) is 7.46. The smallest absolute Gasteiger partial charge is 0.330 e. The summed E-state index contributed by atoms with van der Waals surface area (Å²) in [6.07, 6.45) is 3.64. The quantitative estimate of drug-likeness (QED) is 0.399. The van der Waals surface area contributed by atoms with Crippen molar-refractivity contribution in [2.24, 2.45) is 0 Å². The molecule has 0 amide bonds. The van der Waals surface area contributed by atoms with Gasteiger partial charge in [-0.05, 0) is 39.0 Å². The molecule has 1 aromatic rings. The van der Waals surface area contributed by atoms with Crippen molar-refractivity contribution in [3.05, 3.63) is 35.9 Å². The van der Waals surface area contributed by atoms with E-state index in [1.54, 1.807) is 19.1 Å². The number of esters is 1. The monoisotopic (exact) mass is 305 g/mol. The first-order valence-electron chi connectivity index (χ1n) is 7.46. The lowest BCUT2D eigenvalue weighted by atomic mass is 10.2. The molecule has 0 radical (unpaired) electrons. The van der Waals surface area contributed by atoms with Crippen LogP contribution in [-0.4, -0.2) is 38.6 Å². The second kappa shape index (κ2) is 9.60. The minimum atomic E-state index is -0.404. The first-order chi connectivity index (χ1) is 10.7. The molecule has 5 heteroatoms. The molecule has 0 saturated heterocycles. The van der Waals surface area contributed by atoms with Crippen molar-refractivity contribution in [1.29, 1.82) is 0 Å². The van der Waals surface area contributed by atoms with E-state index >= 15 is 0 Å². The Kier molecular flexibility index (Phi) is 7.75. The molecule has 0 unspecified atom stereocenters. The van der Waals surface area contributed by atoms with Gasteiger partial charge in [-0.1, -0.05) is 0 Å². The molecule has 0 aliphatic rings. The van der Waals surface area contributed by atoms with E-state index in [1.165, 1.54) is 6.08 Å². The molecule has 0 bridgehead atoms. The maximum Gasteiger partial charge on any atom is 0.330 e. The molecular formula is C17H23NO4. The van der Waals surface area contributed by atoms with Gasteiger partial charge in [0.2, 0.25) is 0 Å². The van der Waals surface area contributed by atoms with E-state index in [4.69, 9.17) is 9.47 Å². The van der Waals surface area contributed by atoms with Gasteiger partial charge in [0.15, 0.2) is 6.29 Å². The third-order valence-electron chi connectivity index (χ3n) is 3.13. The van der Waals surface area contributed by atoms with Crippen molar-refractivity contribution in [3.8, 4) is 5.75 Å². The standard InChI is InChI=1S/C17H23NO4/c1-4-18(5-2)15-10-9-14(13-19)16(12-15)22-11-7-8-17(20)21-6-3/h7-10,12-13H,4-6,11H2,1-3H3/b8-7+. The zero-order valence-electron chi connectivity index (χ0n) is 13.4. The molecular weight excluding hydrogens is 282 g/mol.